The van der Waals surface area contributed by atoms with Crippen LogP contribution in [0.15, 0.2) is 35.3 Å². The summed E-state index contributed by atoms with van der Waals surface area (Å²) in [6.07, 6.45) is 0. The van der Waals surface area contributed by atoms with Gasteiger partial charge in [0, 0.05) is 33.7 Å². The minimum absolute atomic E-state index is 0.0848. The molecule has 1 aliphatic heterocycles. The smallest absolute Gasteiger partial charge is 0.324 e. The summed E-state index contributed by atoms with van der Waals surface area (Å²) in [5.41, 5.74) is 1.18. The second-order valence-electron chi connectivity index (χ2n) is 5.02. The summed E-state index contributed by atoms with van der Waals surface area (Å²) in [7, 11) is 3.65. The van der Waals surface area contributed by atoms with Crippen LogP contribution in [0.5, 0.6) is 0 Å². The van der Waals surface area contributed by atoms with E-state index in [1.807, 2.05) is 30.1 Å². The number of imide groups is 1. The average Bonchev–Trinajstić information content (AvgIpc) is 2.84. The zero-order chi connectivity index (χ0) is 15.9. The molecule has 1 aromatic rings. The van der Waals surface area contributed by atoms with E-state index >= 15 is 0 Å². The molecule has 0 radical (unpaired) electrons. The van der Waals surface area contributed by atoms with Crippen LogP contribution in [0.4, 0.5) is 4.79 Å². The molecule has 1 saturated heterocycles. The number of hydrogen-bond acceptors (Lipinski definition) is 3. The van der Waals surface area contributed by atoms with E-state index in [4.69, 9.17) is 0 Å². The van der Waals surface area contributed by atoms with Gasteiger partial charge in [-0.05, 0) is 5.56 Å². The van der Waals surface area contributed by atoms with Crippen molar-refractivity contribution in [1.82, 2.24) is 20.4 Å². The van der Waals surface area contributed by atoms with Gasteiger partial charge in [-0.3, -0.25) is 14.7 Å². The highest BCUT2D eigenvalue weighted by molar-refractivity contribution is 6.01. The number of carbonyl (C=O) groups excluding carboxylic acids is 2. The number of nitrogens with one attached hydrogen (secondary N) is 2. The van der Waals surface area contributed by atoms with Crippen LogP contribution < -0.4 is 10.6 Å². The lowest BCUT2D eigenvalue weighted by Gasteiger charge is -2.23. The van der Waals surface area contributed by atoms with Gasteiger partial charge in [0.2, 0.25) is 5.91 Å². The molecule has 2 rings (SSSR count). The van der Waals surface area contributed by atoms with Crippen molar-refractivity contribution in [2.75, 3.05) is 33.7 Å². The van der Waals surface area contributed by atoms with Crippen molar-refractivity contribution < 1.29 is 9.59 Å². The summed E-state index contributed by atoms with van der Waals surface area (Å²) in [5.74, 6) is 0.523. The standard InChI is InChI=1S/C15H21N5O2/c1-16-14(19(2)11-12-6-4-3-5-7-12)17-8-9-20-13(21)10-18-15(20)22/h3-7H,8-11H2,1-2H3,(H,16,17)(H,18,22). The Bertz CT molecular complexity index is 542. The fraction of sp³-hybridized carbons (Fsp3) is 0.400. The first kappa shape index (κ1) is 15.8. The predicted octanol–water partition coefficient (Wildman–Crippen LogP) is 0.246. The predicted molar refractivity (Wildman–Crippen MR) is 84.4 cm³/mol. The lowest BCUT2D eigenvalue weighted by Crippen LogP contribution is -2.43. The van der Waals surface area contributed by atoms with Gasteiger partial charge >= 0.3 is 6.03 Å². The zero-order valence-electron chi connectivity index (χ0n) is 12.9. The molecule has 0 aliphatic carbocycles. The number of aliphatic imine (C=N–C) groups is 1. The third kappa shape index (κ3) is 3.97. The fourth-order valence-corrected chi connectivity index (χ4v) is 2.28. The highest BCUT2D eigenvalue weighted by Crippen LogP contribution is 2.03. The first-order valence-electron chi connectivity index (χ1n) is 7.15. The molecule has 1 fully saturated rings. The molecule has 118 valence electrons. The van der Waals surface area contributed by atoms with E-state index in [0.29, 0.717) is 13.1 Å². The van der Waals surface area contributed by atoms with E-state index < -0.39 is 0 Å². The number of rotatable bonds is 5. The Labute approximate surface area is 130 Å². The van der Waals surface area contributed by atoms with Gasteiger partial charge in [0.15, 0.2) is 5.96 Å². The fourth-order valence-electron chi connectivity index (χ4n) is 2.28. The van der Waals surface area contributed by atoms with Crippen LogP contribution in [0, 0.1) is 0 Å². The minimum atomic E-state index is -0.334. The van der Waals surface area contributed by atoms with E-state index in [2.05, 4.69) is 27.8 Å². The highest BCUT2D eigenvalue weighted by Gasteiger charge is 2.27. The second kappa shape index (κ2) is 7.44. The topological polar surface area (TPSA) is 77.0 Å². The Hall–Kier alpha value is -2.57. The number of hydrogen-bond donors (Lipinski definition) is 2. The molecule has 3 amide bonds. The van der Waals surface area contributed by atoms with Crippen LogP contribution in [-0.2, 0) is 11.3 Å². The Balaban J connectivity index is 1.82. The molecule has 1 aromatic carbocycles. The van der Waals surface area contributed by atoms with Gasteiger partial charge in [-0.2, -0.15) is 0 Å². The van der Waals surface area contributed by atoms with Crippen molar-refractivity contribution in [3.63, 3.8) is 0 Å². The van der Waals surface area contributed by atoms with Crippen LogP contribution in [0.2, 0.25) is 0 Å². The van der Waals surface area contributed by atoms with Crippen molar-refractivity contribution in [3.05, 3.63) is 35.9 Å². The lowest BCUT2D eigenvalue weighted by atomic mass is 10.2. The number of amides is 3. The molecule has 1 heterocycles. The van der Waals surface area contributed by atoms with Gasteiger partial charge in [0.1, 0.15) is 0 Å². The largest absolute Gasteiger partial charge is 0.354 e. The molecular weight excluding hydrogens is 282 g/mol. The zero-order valence-corrected chi connectivity index (χ0v) is 12.9. The highest BCUT2D eigenvalue weighted by atomic mass is 16.2. The molecule has 0 spiro atoms. The third-order valence-corrected chi connectivity index (χ3v) is 3.39. The van der Waals surface area contributed by atoms with Crippen LogP contribution in [-0.4, -0.2) is 61.4 Å². The normalized spacial score (nSPS) is 15.0. The molecule has 0 atom stereocenters. The van der Waals surface area contributed by atoms with Gasteiger partial charge in [-0.1, -0.05) is 30.3 Å². The van der Waals surface area contributed by atoms with E-state index in [1.54, 1.807) is 7.05 Å². The maximum atomic E-state index is 11.5. The number of guanidine groups is 1. The van der Waals surface area contributed by atoms with Gasteiger partial charge in [-0.15, -0.1) is 0 Å². The molecule has 0 saturated carbocycles. The number of urea groups is 1. The summed E-state index contributed by atoms with van der Waals surface area (Å²) in [6, 6.07) is 9.75. The van der Waals surface area contributed by atoms with Crippen molar-refractivity contribution in [2.45, 2.75) is 6.54 Å². The number of nitrogens with zero attached hydrogens (tertiary/aromatic N) is 3. The maximum absolute atomic E-state index is 11.5. The van der Waals surface area contributed by atoms with Crippen LogP contribution in [0.1, 0.15) is 5.56 Å². The first-order chi connectivity index (χ1) is 10.6. The molecule has 0 bridgehead atoms. The van der Waals surface area contributed by atoms with E-state index in [1.165, 1.54) is 10.5 Å². The Kier molecular flexibility index (Phi) is 5.35. The number of benzene rings is 1. The van der Waals surface area contributed by atoms with Crippen LogP contribution in [0.25, 0.3) is 0 Å². The SMILES string of the molecule is CN=C(NCCN1C(=O)CNC1=O)N(C)Cc1ccccc1. The summed E-state index contributed by atoms with van der Waals surface area (Å²) in [4.78, 5) is 30.3. The van der Waals surface area contributed by atoms with Crippen molar-refractivity contribution in [2.24, 2.45) is 4.99 Å². The maximum Gasteiger partial charge on any atom is 0.324 e. The van der Waals surface area contributed by atoms with E-state index in [9.17, 15) is 9.59 Å². The summed E-state index contributed by atoms with van der Waals surface area (Å²) in [6.45, 7) is 1.60. The molecule has 22 heavy (non-hydrogen) atoms. The Morgan fingerprint density at radius 1 is 1.36 bits per heavy atom. The summed E-state index contributed by atoms with van der Waals surface area (Å²) < 4.78 is 0. The lowest BCUT2D eigenvalue weighted by molar-refractivity contribution is -0.124. The van der Waals surface area contributed by atoms with Crippen molar-refractivity contribution >= 4 is 17.9 Å². The average molecular weight is 303 g/mol. The monoisotopic (exact) mass is 303 g/mol. The van der Waals surface area contributed by atoms with E-state index in [-0.39, 0.29) is 18.5 Å². The van der Waals surface area contributed by atoms with Gasteiger partial charge in [0.05, 0.1) is 6.54 Å². The summed E-state index contributed by atoms with van der Waals surface area (Å²) in [5, 5.41) is 5.66. The van der Waals surface area contributed by atoms with Crippen molar-refractivity contribution in [1.29, 1.82) is 0 Å². The molecule has 7 nitrogen and oxygen atoms in total. The Morgan fingerprint density at radius 2 is 2.09 bits per heavy atom. The molecule has 0 unspecified atom stereocenters. The molecule has 1 aliphatic rings. The third-order valence-electron chi connectivity index (χ3n) is 3.39. The molecule has 2 N–H and O–H groups in total. The molecule has 7 heteroatoms. The van der Waals surface area contributed by atoms with Crippen LogP contribution in [0.3, 0.4) is 0 Å². The Morgan fingerprint density at radius 3 is 2.68 bits per heavy atom. The van der Waals surface area contributed by atoms with Gasteiger partial charge in [0.25, 0.3) is 0 Å². The minimum Gasteiger partial charge on any atom is -0.354 e. The summed E-state index contributed by atoms with van der Waals surface area (Å²) >= 11 is 0. The van der Waals surface area contributed by atoms with E-state index in [0.717, 1.165) is 12.5 Å². The number of carbonyl (C=O) groups is 2. The first-order valence-corrected chi connectivity index (χ1v) is 7.15. The van der Waals surface area contributed by atoms with Crippen LogP contribution >= 0.6 is 0 Å². The second-order valence-corrected chi connectivity index (χ2v) is 5.02. The quantitative estimate of drug-likeness (QED) is 0.464. The molecular formula is C15H21N5O2. The van der Waals surface area contributed by atoms with Gasteiger partial charge < -0.3 is 15.5 Å². The molecule has 0 aromatic heterocycles. The van der Waals surface area contributed by atoms with Crippen molar-refractivity contribution in [3.8, 4) is 0 Å². The van der Waals surface area contributed by atoms with Gasteiger partial charge in [-0.25, -0.2) is 4.79 Å².